The summed E-state index contributed by atoms with van der Waals surface area (Å²) >= 11 is 0. The Morgan fingerprint density at radius 3 is 2.89 bits per heavy atom. The molecule has 4 rings (SSSR count). The standard InChI is InChI=1S/C18H20N6O3/c1-11-19-16(24(26)27)10-23(11)8-7-17(25)20-13-5-6-14-15(9-13)22-18(21-14)12-3-2-4-12/h5-6,9-10,12H,2-4,7-8H2,1H3,(H,20,25)(H,21,22). The largest absolute Gasteiger partial charge is 0.381 e. The summed E-state index contributed by atoms with van der Waals surface area (Å²) in [6.45, 7) is 2.01. The summed E-state index contributed by atoms with van der Waals surface area (Å²) < 4.78 is 1.61. The molecule has 2 N–H and O–H groups in total. The van der Waals surface area contributed by atoms with Gasteiger partial charge in [-0.3, -0.25) is 4.79 Å². The maximum absolute atomic E-state index is 12.2. The van der Waals surface area contributed by atoms with E-state index in [1.165, 1.54) is 25.5 Å². The third-order valence-electron chi connectivity index (χ3n) is 5.01. The van der Waals surface area contributed by atoms with Crippen LogP contribution in [-0.2, 0) is 11.3 Å². The molecule has 0 radical (unpaired) electrons. The van der Waals surface area contributed by atoms with Gasteiger partial charge in [0.25, 0.3) is 0 Å². The van der Waals surface area contributed by atoms with E-state index >= 15 is 0 Å². The summed E-state index contributed by atoms with van der Waals surface area (Å²) in [5, 5.41) is 13.6. The van der Waals surface area contributed by atoms with Crippen LogP contribution in [0.3, 0.4) is 0 Å². The number of imidazole rings is 2. The molecule has 2 heterocycles. The number of nitrogens with one attached hydrogen (secondary N) is 2. The first-order valence-electron chi connectivity index (χ1n) is 8.97. The SMILES string of the molecule is Cc1nc([N+](=O)[O-])cn1CCC(=O)Nc1ccc2nc(C3CCC3)[nH]c2c1. The number of fused-ring (bicyclic) bond motifs is 1. The summed E-state index contributed by atoms with van der Waals surface area (Å²) in [7, 11) is 0. The second kappa shape index (κ2) is 6.82. The van der Waals surface area contributed by atoms with Crippen molar-refractivity contribution < 1.29 is 9.72 Å². The lowest BCUT2D eigenvalue weighted by molar-refractivity contribution is -0.389. The summed E-state index contributed by atoms with van der Waals surface area (Å²) in [4.78, 5) is 34.3. The van der Waals surface area contributed by atoms with Crippen LogP contribution in [0.25, 0.3) is 11.0 Å². The van der Waals surface area contributed by atoms with Gasteiger partial charge in [-0.15, -0.1) is 0 Å². The van der Waals surface area contributed by atoms with Crippen molar-refractivity contribution in [3.05, 3.63) is 46.2 Å². The Bertz CT molecular complexity index is 1020. The average molecular weight is 368 g/mol. The van der Waals surface area contributed by atoms with Crippen LogP contribution in [0.2, 0.25) is 0 Å². The van der Waals surface area contributed by atoms with Gasteiger partial charge in [-0.25, -0.2) is 4.98 Å². The number of aromatic amines is 1. The van der Waals surface area contributed by atoms with E-state index in [1.54, 1.807) is 11.5 Å². The smallest absolute Gasteiger partial charge is 0.358 e. The second-order valence-electron chi connectivity index (χ2n) is 6.88. The van der Waals surface area contributed by atoms with Crippen molar-refractivity contribution >= 4 is 28.4 Å². The lowest BCUT2D eigenvalue weighted by Gasteiger charge is -2.22. The van der Waals surface area contributed by atoms with Crippen molar-refractivity contribution in [1.29, 1.82) is 0 Å². The van der Waals surface area contributed by atoms with Crippen molar-refractivity contribution in [3.63, 3.8) is 0 Å². The predicted octanol–water partition coefficient (Wildman–Crippen LogP) is 3.27. The highest BCUT2D eigenvalue weighted by atomic mass is 16.6. The Balaban J connectivity index is 1.39. The zero-order valence-electron chi connectivity index (χ0n) is 14.9. The summed E-state index contributed by atoms with van der Waals surface area (Å²) in [5.41, 5.74) is 2.51. The first-order chi connectivity index (χ1) is 13.0. The van der Waals surface area contributed by atoms with Crippen LogP contribution in [0.15, 0.2) is 24.4 Å². The third-order valence-corrected chi connectivity index (χ3v) is 5.01. The molecule has 1 aromatic carbocycles. The normalized spacial score (nSPS) is 14.3. The van der Waals surface area contributed by atoms with E-state index in [-0.39, 0.29) is 18.1 Å². The topological polar surface area (TPSA) is 119 Å². The molecule has 27 heavy (non-hydrogen) atoms. The molecule has 0 unspecified atom stereocenters. The minimum Gasteiger partial charge on any atom is -0.358 e. The minimum atomic E-state index is -0.541. The van der Waals surface area contributed by atoms with Gasteiger partial charge >= 0.3 is 5.82 Å². The molecule has 0 bridgehead atoms. The maximum atomic E-state index is 12.2. The molecule has 0 saturated heterocycles. The third kappa shape index (κ3) is 3.53. The Morgan fingerprint density at radius 2 is 2.22 bits per heavy atom. The summed E-state index contributed by atoms with van der Waals surface area (Å²) in [6, 6.07) is 5.61. The second-order valence-corrected chi connectivity index (χ2v) is 6.88. The van der Waals surface area contributed by atoms with E-state index < -0.39 is 4.92 Å². The lowest BCUT2D eigenvalue weighted by atomic mass is 9.85. The molecule has 0 atom stereocenters. The Kier molecular flexibility index (Phi) is 4.35. The fourth-order valence-electron chi connectivity index (χ4n) is 3.23. The van der Waals surface area contributed by atoms with Gasteiger partial charge in [0.1, 0.15) is 12.0 Å². The fraction of sp³-hybridized carbons (Fsp3) is 0.389. The number of aryl methyl sites for hydroxylation is 2. The highest BCUT2D eigenvalue weighted by Crippen LogP contribution is 2.35. The number of amides is 1. The number of hydrogen-bond donors (Lipinski definition) is 2. The summed E-state index contributed by atoms with van der Waals surface area (Å²) in [6.07, 6.45) is 5.15. The van der Waals surface area contributed by atoms with Crippen molar-refractivity contribution in [2.45, 2.75) is 45.1 Å². The number of nitrogens with zero attached hydrogens (tertiary/aromatic N) is 4. The van der Waals surface area contributed by atoms with Gasteiger partial charge in [0.15, 0.2) is 0 Å². The van der Waals surface area contributed by atoms with Crippen molar-refractivity contribution in [3.8, 4) is 0 Å². The Labute approximate surface area is 155 Å². The average Bonchev–Trinajstić information content (AvgIpc) is 3.14. The number of nitro groups is 1. The van der Waals surface area contributed by atoms with E-state index in [0.29, 0.717) is 24.0 Å². The number of rotatable bonds is 6. The van der Waals surface area contributed by atoms with Crippen molar-refractivity contribution in [1.82, 2.24) is 19.5 Å². The van der Waals surface area contributed by atoms with E-state index in [4.69, 9.17) is 0 Å². The van der Waals surface area contributed by atoms with Crippen LogP contribution in [0.5, 0.6) is 0 Å². The molecule has 9 nitrogen and oxygen atoms in total. The van der Waals surface area contributed by atoms with E-state index in [1.807, 2.05) is 18.2 Å². The van der Waals surface area contributed by atoms with Gasteiger partial charge in [0.05, 0.1) is 11.0 Å². The zero-order valence-corrected chi connectivity index (χ0v) is 14.9. The monoisotopic (exact) mass is 368 g/mol. The molecule has 140 valence electrons. The molecule has 2 aromatic heterocycles. The van der Waals surface area contributed by atoms with E-state index in [9.17, 15) is 14.9 Å². The first kappa shape index (κ1) is 17.2. The molecule has 0 aliphatic heterocycles. The Morgan fingerprint density at radius 1 is 1.41 bits per heavy atom. The van der Waals surface area contributed by atoms with Crippen molar-refractivity contribution in [2.75, 3.05) is 5.32 Å². The van der Waals surface area contributed by atoms with Gasteiger partial charge in [0.2, 0.25) is 11.7 Å². The van der Waals surface area contributed by atoms with Gasteiger partial charge in [-0.1, -0.05) is 6.42 Å². The molecule has 1 fully saturated rings. The predicted molar refractivity (Wildman–Crippen MR) is 99.6 cm³/mol. The van der Waals surface area contributed by atoms with Crippen LogP contribution >= 0.6 is 0 Å². The van der Waals surface area contributed by atoms with Crippen LogP contribution in [0.4, 0.5) is 11.5 Å². The number of aromatic nitrogens is 4. The van der Waals surface area contributed by atoms with Crippen LogP contribution in [0, 0.1) is 17.0 Å². The zero-order chi connectivity index (χ0) is 19.0. The van der Waals surface area contributed by atoms with E-state index in [0.717, 1.165) is 16.9 Å². The molecule has 3 aromatic rings. The molecule has 1 saturated carbocycles. The van der Waals surface area contributed by atoms with Crippen LogP contribution in [-0.4, -0.2) is 30.3 Å². The highest BCUT2D eigenvalue weighted by Gasteiger charge is 2.22. The number of carbonyl (C=O) groups excluding carboxylic acids is 1. The number of H-pyrrole nitrogens is 1. The molecular weight excluding hydrogens is 348 g/mol. The number of hydrogen-bond acceptors (Lipinski definition) is 5. The minimum absolute atomic E-state index is 0.163. The fourth-order valence-corrected chi connectivity index (χ4v) is 3.23. The molecule has 1 amide bonds. The van der Waals surface area contributed by atoms with Crippen LogP contribution < -0.4 is 5.32 Å². The highest BCUT2D eigenvalue weighted by molar-refractivity contribution is 5.93. The number of anilines is 1. The van der Waals surface area contributed by atoms with Crippen molar-refractivity contribution in [2.24, 2.45) is 0 Å². The first-order valence-corrected chi connectivity index (χ1v) is 8.97. The molecule has 9 heteroatoms. The molecule has 1 aliphatic carbocycles. The van der Waals surface area contributed by atoms with Gasteiger partial charge in [0, 0.05) is 31.5 Å². The lowest BCUT2D eigenvalue weighted by Crippen LogP contribution is -2.14. The van der Waals surface area contributed by atoms with Gasteiger partial charge in [-0.05, 0) is 40.9 Å². The van der Waals surface area contributed by atoms with Gasteiger partial charge < -0.3 is 25.0 Å². The molecule has 0 spiro atoms. The quantitative estimate of drug-likeness (QED) is 0.511. The van der Waals surface area contributed by atoms with Gasteiger partial charge in [-0.2, -0.15) is 0 Å². The Hall–Kier alpha value is -3.23. The maximum Gasteiger partial charge on any atom is 0.381 e. The number of carbonyl (C=O) groups is 1. The molecular formula is C18H20N6O3. The molecule has 1 aliphatic rings. The van der Waals surface area contributed by atoms with Crippen LogP contribution in [0.1, 0.15) is 43.3 Å². The van der Waals surface area contributed by atoms with E-state index in [2.05, 4.69) is 20.3 Å². The summed E-state index contributed by atoms with van der Waals surface area (Å²) in [5.74, 6) is 1.69. The number of benzene rings is 1.